The number of hydrogen-bond acceptors (Lipinski definition) is 18. The summed E-state index contributed by atoms with van der Waals surface area (Å²) < 4.78 is 14.4. The van der Waals surface area contributed by atoms with E-state index >= 15 is 0 Å². The van der Waals surface area contributed by atoms with Gasteiger partial charge in [-0.3, -0.25) is 42.6 Å². The van der Waals surface area contributed by atoms with Crippen LogP contribution in [0.2, 0.25) is 0 Å². The quantitative estimate of drug-likeness (QED) is 0.0282. The van der Waals surface area contributed by atoms with Crippen LogP contribution >= 0.6 is 0 Å². The van der Waals surface area contributed by atoms with Crippen LogP contribution in [0.15, 0.2) is 79.0 Å². The Hall–Kier alpha value is -12.3. The molecule has 39 heteroatoms. The number of benzene rings is 3. The van der Waals surface area contributed by atoms with Gasteiger partial charge < -0.3 is 99.1 Å². The number of amides is 10. The number of nitrogens with zero attached hydrogens (tertiary/aromatic N) is 3. The fraction of sp³-hybridized carbons (Fsp3) is 0.446. The van der Waals surface area contributed by atoms with Crippen LogP contribution in [0.4, 0.5) is 35.8 Å². The zero-order valence-electron chi connectivity index (χ0n) is 55.8. The molecule has 6 atom stereocenters. The van der Waals surface area contributed by atoms with Crippen molar-refractivity contribution in [2.45, 2.75) is 177 Å². The van der Waals surface area contributed by atoms with Crippen molar-refractivity contribution in [2.24, 2.45) is 0 Å². The van der Waals surface area contributed by atoms with E-state index in [0.29, 0.717) is 41.8 Å². The van der Waals surface area contributed by atoms with E-state index in [2.05, 4.69) is 47.5 Å². The van der Waals surface area contributed by atoms with Gasteiger partial charge in [-0.2, -0.15) is 0 Å². The molecular weight excluding hydrogens is 1380 g/mol. The van der Waals surface area contributed by atoms with Gasteiger partial charge >= 0.3 is 71.8 Å². The summed E-state index contributed by atoms with van der Waals surface area (Å²) in [6, 6.07) is 3.35. The summed E-state index contributed by atoms with van der Waals surface area (Å²) in [7, 11) is 0. The van der Waals surface area contributed by atoms with Crippen molar-refractivity contribution < 1.29 is 127 Å². The monoisotopic (exact) mass is 1460 g/mol. The molecule has 0 bridgehead atoms. The van der Waals surface area contributed by atoms with Crippen LogP contribution in [0, 0.1) is 0 Å². The van der Waals surface area contributed by atoms with Crippen molar-refractivity contribution in [1.82, 2.24) is 52.2 Å². The average Bonchev–Trinajstić information content (AvgIpc) is 1.77. The van der Waals surface area contributed by atoms with Gasteiger partial charge in [0.25, 0.3) is 0 Å². The van der Waals surface area contributed by atoms with Gasteiger partial charge in [0.1, 0.15) is 36.3 Å². The number of carboxylic acids is 9. The highest BCUT2D eigenvalue weighted by molar-refractivity contribution is 5.94. The second-order valence-corrected chi connectivity index (χ2v) is 23.9. The van der Waals surface area contributed by atoms with Gasteiger partial charge in [-0.05, 0) is 117 Å². The smallest absolute Gasteiger partial charge is 0.326 e. The lowest BCUT2D eigenvalue weighted by Gasteiger charge is -2.35. The fourth-order valence-corrected chi connectivity index (χ4v) is 10.1. The normalized spacial score (nSPS) is 12.7. The number of carbonyl (C=O) groups is 16. The van der Waals surface area contributed by atoms with Crippen LogP contribution in [0.5, 0.6) is 0 Å². The van der Waals surface area contributed by atoms with Gasteiger partial charge in [-0.1, -0.05) is 41.6 Å². The molecule has 104 heavy (non-hydrogen) atoms. The third-order valence-corrected chi connectivity index (χ3v) is 15.7. The SMILES string of the molecule is O=C(O)CC[C@H](NC(=O)N[C@@H](Cc1ccc(NC(=O)CCC(CCC(=O)Nc2ccc(C[C@H](NC(=O)N[C@@H](CCC(=O)O)C(=O)O)C(=O)O)cc2)(CCC(=O)Nc2ccc(C[C@H](NC(=O)N[C@@H](CCC(=O)O)C(=O)O)C(=O)O)cc2)NC(=O)CCCCn2cc(CCCF)nn2)cc1)C(=O)O)C(=O)O. The van der Waals surface area contributed by atoms with E-state index in [1.165, 1.54) is 77.5 Å². The third kappa shape index (κ3) is 32.3. The molecule has 0 saturated heterocycles. The van der Waals surface area contributed by atoms with Crippen molar-refractivity contribution in [2.75, 3.05) is 22.6 Å². The maximum atomic E-state index is 14.2. The Balaban J connectivity index is 1.61. The molecular formula is C65H82FN13O25. The van der Waals surface area contributed by atoms with Gasteiger partial charge in [-0.25, -0.2) is 43.2 Å². The highest BCUT2D eigenvalue weighted by Gasteiger charge is 2.35. The molecule has 19 N–H and O–H groups in total. The minimum Gasteiger partial charge on any atom is -0.481 e. The maximum absolute atomic E-state index is 14.2. The van der Waals surface area contributed by atoms with Crippen molar-refractivity contribution in [3.63, 3.8) is 0 Å². The number of aromatic nitrogens is 3. The molecule has 0 saturated carbocycles. The van der Waals surface area contributed by atoms with Crippen molar-refractivity contribution in [1.29, 1.82) is 0 Å². The minimum atomic E-state index is -1.66. The molecule has 0 radical (unpaired) electrons. The first-order valence-electron chi connectivity index (χ1n) is 32.4. The van der Waals surface area contributed by atoms with E-state index in [4.69, 9.17) is 15.3 Å². The lowest BCUT2D eigenvalue weighted by molar-refractivity contribution is -0.142. The predicted molar refractivity (Wildman–Crippen MR) is 357 cm³/mol. The third-order valence-electron chi connectivity index (χ3n) is 15.7. The van der Waals surface area contributed by atoms with E-state index in [1.807, 2.05) is 16.0 Å². The van der Waals surface area contributed by atoms with Crippen LogP contribution in [0.1, 0.15) is 125 Å². The first-order valence-corrected chi connectivity index (χ1v) is 32.4. The van der Waals surface area contributed by atoms with E-state index < -0.39 is 202 Å². The zero-order chi connectivity index (χ0) is 77.1. The number of anilines is 3. The molecule has 0 fully saturated rings. The van der Waals surface area contributed by atoms with Crippen LogP contribution in [0.3, 0.4) is 0 Å². The number of unbranched alkanes of at least 4 members (excludes halogenated alkanes) is 1. The number of nitrogens with one attached hydrogen (secondary N) is 10. The Morgan fingerprint density at radius 2 is 0.692 bits per heavy atom. The number of rotatable bonds is 48. The molecule has 0 aliphatic carbocycles. The number of aliphatic carboxylic acids is 9. The lowest BCUT2D eigenvalue weighted by Crippen LogP contribution is -2.51. The van der Waals surface area contributed by atoms with Crippen molar-refractivity contribution in [3.05, 3.63) is 101 Å². The number of aryl methyl sites for hydroxylation is 2. The van der Waals surface area contributed by atoms with Gasteiger partial charge in [0.2, 0.25) is 23.6 Å². The van der Waals surface area contributed by atoms with E-state index in [-0.39, 0.29) is 74.8 Å². The maximum Gasteiger partial charge on any atom is 0.326 e. The number of alkyl halides is 1. The Kier molecular flexibility index (Phi) is 34.5. The Morgan fingerprint density at radius 3 is 0.981 bits per heavy atom. The first-order chi connectivity index (χ1) is 49.2. The van der Waals surface area contributed by atoms with Gasteiger partial charge in [0, 0.05) is 99.6 Å². The van der Waals surface area contributed by atoms with Gasteiger partial charge in [-0.15, -0.1) is 5.10 Å². The number of urea groups is 3. The van der Waals surface area contributed by atoms with E-state index in [9.17, 15) is 112 Å². The van der Waals surface area contributed by atoms with Gasteiger partial charge in [0.15, 0.2) is 0 Å². The Labute approximate surface area is 590 Å². The molecule has 4 rings (SSSR count). The second-order valence-electron chi connectivity index (χ2n) is 23.9. The molecule has 564 valence electrons. The Bertz CT molecular complexity index is 3370. The molecule has 1 heterocycles. The summed E-state index contributed by atoms with van der Waals surface area (Å²) >= 11 is 0. The topological polar surface area (TPSA) is 606 Å². The zero-order valence-corrected chi connectivity index (χ0v) is 55.8. The summed E-state index contributed by atoms with van der Waals surface area (Å²) in [5, 5.41) is 117. The van der Waals surface area contributed by atoms with Crippen LogP contribution in [-0.4, -0.2) is 205 Å². The molecule has 3 aromatic carbocycles. The van der Waals surface area contributed by atoms with Crippen molar-refractivity contribution in [3.8, 4) is 0 Å². The largest absolute Gasteiger partial charge is 0.481 e. The van der Waals surface area contributed by atoms with Gasteiger partial charge in [0.05, 0.1) is 12.4 Å². The molecule has 1 aromatic heterocycles. The molecule has 0 spiro atoms. The molecule has 0 aliphatic heterocycles. The van der Waals surface area contributed by atoms with Crippen molar-refractivity contribution >= 4 is 113 Å². The Morgan fingerprint density at radius 1 is 0.385 bits per heavy atom. The summed E-state index contributed by atoms with van der Waals surface area (Å²) in [6.07, 6.45) is -3.58. The van der Waals surface area contributed by atoms with Crippen LogP contribution in [-0.2, 0) is 94.6 Å². The highest BCUT2D eigenvalue weighted by atomic mass is 19.1. The summed E-state index contributed by atoms with van der Waals surface area (Å²) in [6.45, 7) is -0.242. The number of halogens is 1. The minimum absolute atomic E-state index is 0.128. The standard InChI is InChI=1S/C65H82FN13O25/c66-30-3-4-42-35-79(78-77-42)31-2-1-5-52(83)76-65(27-24-49(80)67-39-12-6-36(7-13-39)32-46(59(96)97)73-62(102)70-43(56(90)91)18-21-53(84)85,28-25-50(81)68-40-14-8-37(9-15-40)33-47(60(98)99)74-63(103)71-44(57(92)93)19-22-54(86)87)29-26-51(82)69-41-16-10-38(11-17-41)34-48(61(100)101)75-64(104)72-45(58(94)95)20-23-55(88)89/h6-17,35,43-48H,1-5,18-34H2,(H,67,80)(H,68,81)(H,69,82)(H,76,83)(H,84,85)(H,86,87)(H,88,89)(H,90,91)(H,92,93)(H,94,95)(H,96,97)(H,98,99)(H,100,101)(H2,70,73,102)(H2,71,74,103)(H2,72,75,104)/t43-,44-,45-,46-,47-,48-/m0/s1. The van der Waals surface area contributed by atoms with Crippen LogP contribution < -0.4 is 53.2 Å². The van der Waals surface area contributed by atoms with E-state index in [1.54, 1.807) is 6.20 Å². The van der Waals surface area contributed by atoms with E-state index in [0.717, 1.165) is 0 Å². The molecule has 0 aliphatic rings. The summed E-state index contributed by atoms with van der Waals surface area (Å²) in [4.78, 5) is 199. The number of carboxylic acid groups (broad SMARTS) is 9. The number of carbonyl (C=O) groups excluding carboxylic acids is 7. The average molecular weight is 1460 g/mol. The predicted octanol–water partition coefficient (Wildman–Crippen LogP) is 2.30. The molecule has 0 unspecified atom stereocenters. The fourth-order valence-electron chi connectivity index (χ4n) is 10.1. The first kappa shape index (κ1) is 84.1. The molecule has 4 aromatic rings. The summed E-state index contributed by atoms with van der Waals surface area (Å²) in [5.41, 5.74) is 0.427. The summed E-state index contributed by atoms with van der Waals surface area (Å²) in [5.74, 6) is -15.8. The molecule has 38 nitrogen and oxygen atoms in total. The number of hydrogen-bond donors (Lipinski definition) is 19. The lowest BCUT2D eigenvalue weighted by atomic mass is 9.82. The second kappa shape index (κ2) is 42.7. The molecule has 10 amide bonds. The highest BCUT2D eigenvalue weighted by Crippen LogP contribution is 2.29. The van der Waals surface area contributed by atoms with Crippen LogP contribution in [0.25, 0.3) is 0 Å².